The van der Waals surface area contributed by atoms with Gasteiger partial charge in [0.2, 0.25) is 5.91 Å². The third-order valence-corrected chi connectivity index (χ3v) is 3.85. The van der Waals surface area contributed by atoms with Gasteiger partial charge < -0.3 is 10.1 Å². The van der Waals surface area contributed by atoms with Gasteiger partial charge in [0.05, 0.1) is 18.0 Å². The molecule has 0 spiro atoms. The standard InChI is InChI=1S/C12H16BrNO2S/c1-7(2)11(17)12(15)14-10-6-8(16-3)4-5-9(10)13/h4-7,11,17H,1-3H3,(H,14,15). The predicted molar refractivity (Wildman–Crippen MR) is 76.9 cm³/mol. The second kappa shape index (κ2) is 6.31. The lowest BCUT2D eigenvalue weighted by Gasteiger charge is -2.15. The number of methoxy groups -OCH3 is 1. The number of amides is 1. The molecule has 0 aliphatic carbocycles. The molecule has 17 heavy (non-hydrogen) atoms. The summed E-state index contributed by atoms with van der Waals surface area (Å²) in [6.07, 6.45) is 0. The van der Waals surface area contributed by atoms with Crippen LogP contribution in [0.2, 0.25) is 0 Å². The first kappa shape index (κ1) is 14.4. The number of nitrogens with one attached hydrogen (secondary N) is 1. The van der Waals surface area contributed by atoms with Crippen LogP contribution in [-0.2, 0) is 4.79 Å². The highest BCUT2D eigenvalue weighted by Crippen LogP contribution is 2.27. The Morgan fingerprint density at radius 3 is 2.65 bits per heavy atom. The summed E-state index contributed by atoms with van der Waals surface area (Å²) in [6.45, 7) is 3.91. The van der Waals surface area contributed by atoms with Crippen molar-refractivity contribution in [2.24, 2.45) is 5.92 Å². The Morgan fingerprint density at radius 2 is 2.12 bits per heavy atom. The lowest BCUT2D eigenvalue weighted by Crippen LogP contribution is -2.27. The molecule has 0 bridgehead atoms. The zero-order chi connectivity index (χ0) is 13.0. The van der Waals surface area contributed by atoms with Gasteiger partial charge in [-0.3, -0.25) is 4.79 Å². The van der Waals surface area contributed by atoms with Crippen LogP contribution in [0.3, 0.4) is 0 Å². The van der Waals surface area contributed by atoms with Gasteiger partial charge in [-0.05, 0) is 34.0 Å². The Bertz CT molecular complexity index is 409. The summed E-state index contributed by atoms with van der Waals surface area (Å²) in [6, 6.07) is 5.42. The predicted octanol–water partition coefficient (Wildman–Crippen LogP) is 3.35. The van der Waals surface area contributed by atoms with E-state index < -0.39 is 0 Å². The molecule has 0 fully saturated rings. The summed E-state index contributed by atoms with van der Waals surface area (Å²) in [5, 5.41) is 2.50. The third-order valence-electron chi connectivity index (χ3n) is 2.33. The van der Waals surface area contributed by atoms with E-state index in [1.165, 1.54) is 0 Å². The fourth-order valence-electron chi connectivity index (χ4n) is 1.24. The van der Waals surface area contributed by atoms with Gasteiger partial charge in [0.25, 0.3) is 0 Å². The average molecular weight is 318 g/mol. The van der Waals surface area contributed by atoms with Gasteiger partial charge in [0.1, 0.15) is 5.75 Å². The normalized spacial score (nSPS) is 12.4. The molecule has 0 saturated carbocycles. The zero-order valence-corrected chi connectivity index (χ0v) is 12.5. The van der Waals surface area contributed by atoms with E-state index in [1.54, 1.807) is 13.2 Å². The van der Waals surface area contributed by atoms with E-state index in [4.69, 9.17) is 4.74 Å². The average Bonchev–Trinajstić information content (AvgIpc) is 2.30. The summed E-state index contributed by atoms with van der Waals surface area (Å²) in [5.74, 6) is 0.767. The van der Waals surface area contributed by atoms with Gasteiger partial charge in [-0.15, -0.1) is 0 Å². The minimum absolute atomic E-state index is 0.114. The maximum Gasteiger partial charge on any atom is 0.237 e. The van der Waals surface area contributed by atoms with Crippen LogP contribution in [0.4, 0.5) is 5.69 Å². The van der Waals surface area contributed by atoms with Gasteiger partial charge in [-0.1, -0.05) is 13.8 Å². The van der Waals surface area contributed by atoms with Crippen LogP contribution in [0.1, 0.15) is 13.8 Å². The first-order valence-corrected chi connectivity index (χ1v) is 6.59. The number of hydrogen-bond acceptors (Lipinski definition) is 3. The van der Waals surface area contributed by atoms with E-state index >= 15 is 0 Å². The van der Waals surface area contributed by atoms with Crippen molar-refractivity contribution in [3.8, 4) is 5.75 Å². The van der Waals surface area contributed by atoms with Gasteiger partial charge in [0.15, 0.2) is 0 Å². The summed E-state index contributed by atoms with van der Waals surface area (Å²) >= 11 is 7.65. The van der Waals surface area contributed by atoms with Crippen LogP contribution in [0.5, 0.6) is 5.75 Å². The Balaban J connectivity index is 2.84. The molecule has 0 aliphatic heterocycles. The molecule has 1 unspecified atom stereocenters. The van der Waals surface area contributed by atoms with Crippen molar-refractivity contribution in [2.45, 2.75) is 19.1 Å². The summed E-state index contributed by atoms with van der Waals surface area (Å²) in [4.78, 5) is 11.9. The second-order valence-electron chi connectivity index (χ2n) is 4.02. The van der Waals surface area contributed by atoms with E-state index in [-0.39, 0.29) is 17.1 Å². The van der Waals surface area contributed by atoms with Crippen molar-refractivity contribution in [2.75, 3.05) is 12.4 Å². The Kier molecular flexibility index (Phi) is 5.33. The number of benzene rings is 1. The van der Waals surface area contributed by atoms with E-state index in [0.717, 1.165) is 4.47 Å². The number of anilines is 1. The summed E-state index contributed by atoms with van der Waals surface area (Å²) < 4.78 is 5.92. The molecular weight excluding hydrogens is 302 g/mol. The largest absolute Gasteiger partial charge is 0.497 e. The molecule has 0 aromatic heterocycles. The van der Waals surface area contributed by atoms with E-state index in [9.17, 15) is 4.79 Å². The lowest BCUT2D eigenvalue weighted by atomic mass is 10.1. The van der Waals surface area contributed by atoms with Crippen molar-refractivity contribution < 1.29 is 9.53 Å². The van der Waals surface area contributed by atoms with Gasteiger partial charge >= 0.3 is 0 Å². The summed E-state index contributed by atoms with van der Waals surface area (Å²) in [5.41, 5.74) is 0.689. The minimum atomic E-state index is -0.326. The number of rotatable bonds is 4. The molecular formula is C12H16BrNO2S. The quantitative estimate of drug-likeness (QED) is 0.836. The van der Waals surface area contributed by atoms with E-state index in [1.807, 2.05) is 26.0 Å². The van der Waals surface area contributed by atoms with Crippen molar-refractivity contribution in [1.29, 1.82) is 0 Å². The molecule has 5 heteroatoms. The monoisotopic (exact) mass is 317 g/mol. The number of hydrogen-bond donors (Lipinski definition) is 2. The van der Waals surface area contributed by atoms with Crippen LogP contribution < -0.4 is 10.1 Å². The van der Waals surface area contributed by atoms with Crippen LogP contribution in [-0.4, -0.2) is 18.3 Å². The molecule has 1 amide bonds. The molecule has 0 radical (unpaired) electrons. The van der Waals surface area contributed by atoms with Crippen molar-refractivity contribution in [1.82, 2.24) is 0 Å². The number of ether oxygens (including phenoxy) is 1. The Hall–Kier alpha value is -0.680. The molecule has 0 aliphatic rings. The minimum Gasteiger partial charge on any atom is -0.497 e. The summed E-state index contributed by atoms with van der Waals surface area (Å²) in [7, 11) is 1.59. The molecule has 0 heterocycles. The molecule has 1 N–H and O–H groups in total. The van der Waals surface area contributed by atoms with Crippen LogP contribution >= 0.6 is 28.6 Å². The van der Waals surface area contributed by atoms with Crippen LogP contribution in [0, 0.1) is 5.92 Å². The molecule has 0 saturated heterocycles. The molecule has 1 aromatic carbocycles. The highest BCUT2D eigenvalue weighted by molar-refractivity contribution is 9.10. The maximum atomic E-state index is 11.9. The highest BCUT2D eigenvalue weighted by Gasteiger charge is 2.18. The lowest BCUT2D eigenvalue weighted by molar-refractivity contribution is -0.116. The Morgan fingerprint density at radius 1 is 1.47 bits per heavy atom. The van der Waals surface area contributed by atoms with E-state index in [0.29, 0.717) is 11.4 Å². The fourth-order valence-corrected chi connectivity index (χ4v) is 1.65. The zero-order valence-electron chi connectivity index (χ0n) is 10.0. The molecule has 1 rings (SSSR count). The van der Waals surface area contributed by atoms with Crippen molar-refractivity contribution in [3.63, 3.8) is 0 Å². The number of carbonyl (C=O) groups is 1. The highest BCUT2D eigenvalue weighted by atomic mass is 79.9. The fraction of sp³-hybridized carbons (Fsp3) is 0.417. The molecule has 1 aromatic rings. The Labute approximate surface area is 115 Å². The maximum absolute atomic E-state index is 11.9. The number of thiol groups is 1. The van der Waals surface area contributed by atoms with Gasteiger partial charge in [-0.25, -0.2) is 0 Å². The molecule has 1 atom stereocenters. The van der Waals surface area contributed by atoms with Crippen molar-refractivity contribution in [3.05, 3.63) is 22.7 Å². The second-order valence-corrected chi connectivity index (χ2v) is 5.43. The SMILES string of the molecule is COc1ccc(Br)c(NC(=O)C(S)C(C)C)c1. The van der Waals surface area contributed by atoms with E-state index in [2.05, 4.69) is 33.9 Å². The van der Waals surface area contributed by atoms with Crippen LogP contribution in [0.15, 0.2) is 22.7 Å². The number of halogens is 1. The van der Waals surface area contributed by atoms with Gasteiger partial charge in [0, 0.05) is 10.5 Å². The first-order chi connectivity index (χ1) is 7.95. The topological polar surface area (TPSA) is 38.3 Å². The van der Waals surface area contributed by atoms with Gasteiger partial charge in [-0.2, -0.15) is 12.6 Å². The number of carbonyl (C=O) groups excluding carboxylic acids is 1. The van der Waals surface area contributed by atoms with Crippen molar-refractivity contribution >= 4 is 40.2 Å². The first-order valence-electron chi connectivity index (χ1n) is 5.28. The molecule has 94 valence electrons. The molecule has 3 nitrogen and oxygen atoms in total. The third kappa shape index (κ3) is 3.92. The van der Waals surface area contributed by atoms with Crippen LogP contribution in [0.25, 0.3) is 0 Å². The smallest absolute Gasteiger partial charge is 0.237 e.